The lowest BCUT2D eigenvalue weighted by molar-refractivity contribution is -0.0254. The monoisotopic (exact) mass is 711 g/mol. The Bertz CT molecular complexity index is 1230. The van der Waals surface area contributed by atoms with Crippen LogP contribution in [0, 0.1) is 11.8 Å². The van der Waals surface area contributed by atoms with Crippen LogP contribution in [0.4, 0.5) is 0 Å². The van der Waals surface area contributed by atoms with Gasteiger partial charge in [-0.2, -0.15) is 5.10 Å². The van der Waals surface area contributed by atoms with Crippen molar-refractivity contribution in [3.63, 3.8) is 0 Å². The van der Waals surface area contributed by atoms with Gasteiger partial charge in [-0.1, -0.05) is 25.7 Å². The van der Waals surface area contributed by atoms with Gasteiger partial charge in [0.2, 0.25) is 0 Å². The smallest absolute Gasteiger partial charge is 0.251 e. The lowest BCUT2D eigenvalue weighted by Gasteiger charge is -2.39. The number of piperidine rings is 2. The number of likely N-dealkylation sites (tertiary alicyclic amines) is 2. The number of nitrogens with zero attached hydrogens (tertiary/aromatic N) is 4. The number of carbonyl (C=O) groups excluding carboxylic acids is 1. The summed E-state index contributed by atoms with van der Waals surface area (Å²) < 4.78 is 23.8. The summed E-state index contributed by atoms with van der Waals surface area (Å²) in [6.45, 7) is 9.33. The highest BCUT2D eigenvalue weighted by Crippen LogP contribution is 2.28. The minimum Gasteiger partial charge on any atom is -0.382 e. The molecule has 0 radical (unpaired) electrons. The maximum Gasteiger partial charge on any atom is 0.251 e. The van der Waals surface area contributed by atoms with Crippen molar-refractivity contribution in [2.24, 2.45) is 17.6 Å². The van der Waals surface area contributed by atoms with Gasteiger partial charge < -0.3 is 39.8 Å². The topological polar surface area (TPSA) is 116 Å². The number of carbonyl (C=O) groups is 1. The fraction of sp³-hybridized carbons (Fsp3) is 0.750. The molecule has 3 heterocycles. The molecule has 2 saturated heterocycles. The van der Waals surface area contributed by atoms with Gasteiger partial charge in [0.15, 0.2) is 0 Å². The maximum atomic E-state index is 13.0. The summed E-state index contributed by atoms with van der Waals surface area (Å²) in [6.07, 6.45) is 18.9. The van der Waals surface area contributed by atoms with Crippen LogP contribution in [0.5, 0.6) is 0 Å². The van der Waals surface area contributed by atoms with Crippen LogP contribution in [0.2, 0.25) is 0 Å². The highest BCUT2D eigenvalue weighted by atomic mass is 16.5. The first kappa shape index (κ1) is 39.8. The molecule has 4 fully saturated rings. The zero-order valence-corrected chi connectivity index (χ0v) is 31.5. The molecule has 1 aromatic heterocycles. The molecule has 4 aliphatic rings. The molecule has 11 nitrogen and oxygen atoms in total. The first-order valence-electron chi connectivity index (χ1n) is 19.8. The van der Waals surface area contributed by atoms with Crippen molar-refractivity contribution in [3.8, 4) is 5.69 Å². The molecule has 6 rings (SSSR count). The second kappa shape index (κ2) is 22.0. The molecule has 6 atom stereocenters. The van der Waals surface area contributed by atoms with E-state index in [9.17, 15) is 4.79 Å². The van der Waals surface area contributed by atoms with Crippen LogP contribution in [-0.4, -0.2) is 130 Å². The minimum absolute atomic E-state index is 0.0216. The highest BCUT2D eigenvalue weighted by molar-refractivity contribution is 5.94. The number of hydrogen-bond acceptors (Lipinski definition) is 9. The van der Waals surface area contributed by atoms with Crippen molar-refractivity contribution in [1.82, 2.24) is 24.9 Å². The Kier molecular flexibility index (Phi) is 17.2. The lowest BCUT2D eigenvalue weighted by atomic mass is 9.83. The van der Waals surface area contributed by atoms with E-state index in [1.807, 2.05) is 36.5 Å². The Balaban J connectivity index is 0.000000226. The van der Waals surface area contributed by atoms with Crippen LogP contribution in [0.15, 0.2) is 42.7 Å². The molecule has 286 valence electrons. The average Bonchev–Trinajstić information content (AvgIpc) is 3.70. The molecular weight excluding hydrogens is 644 g/mol. The zero-order chi connectivity index (χ0) is 35.7. The second-order valence-corrected chi connectivity index (χ2v) is 15.1. The van der Waals surface area contributed by atoms with Crippen LogP contribution in [0.3, 0.4) is 0 Å². The van der Waals surface area contributed by atoms with Crippen molar-refractivity contribution >= 4 is 5.91 Å². The number of rotatable bonds is 15. The van der Waals surface area contributed by atoms with Gasteiger partial charge in [-0.15, -0.1) is 0 Å². The van der Waals surface area contributed by atoms with Crippen LogP contribution in [-0.2, 0) is 18.9 Å². The standard InChI is InChI=1S/C25H36N4O3.C15H30N2O2/c1-31-16-17-32-23-7-4-14-28(19-23)18-21-6-2-3-8-24(21)27-25(30)20-9-11-22(12-10-20)29-15-5-13-26-29;1-18-9-10-19-14-6-4-8-17(12-14)11-13-5-2-3-7-15(13)16/h5,9-13,15,21,23-24H,2-4,6-8,14,16-19H2,1H3,(H,27,30);13-15H,2-12,16H2,1H3/t21?,23-,24?;13?,14-,15?/m11/s1. The van der Waals surface area contributed by atoms with E-state index in [1.54, 1.807) is 25.1 Å². The minimum atomic E-state index is 0.0216. The third-order valence-corrected chi connectivity index (χ3v) is 11.3. The Morgan fingerprint density at radius 1 is 0.765 bits per heavy atom. The number of amides is 1. The molecule has 2 aromatic rings. The van der Waals surface area contributed by atoms with E-state index in [1.165, 1.54) is 77.3 Å². The molecular formula is C40H66N6O5. The summed E-state index contributed by atoms with van der Waals surface area (Å²) in [5, 5.41) is 7.59. The Morgan fingerprint density at radius 3 is 1.94 bits per heavy atom. The van der Waals surface area contributed by atoms with Crippen LogP contribution in [0.25, 0.3) is 5.69 Å². The van der Waals surface area contributed by atoms with Gasteiger partial charge in [0.25, 0.3) is 5.91 Å². The van der Waals surface area contributed by atoms with E-state index >= 15 is 0 Å². The molecule has 51 heavy (non-hydrogen) atoms. The molecule has 3 N–H and O–H groups in total. The quantitative estimate of drug-likeness (QED) is 0.249. The average molecular weight is 711 g/mol. The number of nitrogens with one attached hydrogen (secondary N) is 1. The van der Waals surface area contributed by atoms with E-state index in [2.05, 4.69) is 20.2 Å². The third kappa shape index (κ3) is 13.2. The maximum absolute atomic E-state index is 13.0. The summed E-state index contributed by atoms with van der Waals surface area (Å²) >= 11 is 0. The molecule has 4 unspecified atom stereocenters. The number of benzene rings is 1. The van der Waals surface area contributed by atoms with Crippen LogP contribution < -0.4 is 11.1 Å². The van der Waals surface area contributed by atoms with Gasteiger partial charge >= 0.3 is 0 Å². The highest BCUT2D eigenvalue weighted by Gasteiger charge is 2.31. The van der Waals surface area contributed by atoms with Gasteiger partial charge in [-0.3, -0.25) is 4.79 Å². The molecule has 0 spiro atoms. The van der Waals surface area contributed by atoms with Crippen molar-refractivity contribution in [3.05, 3.63) is 48.3 Å². The number of aromatic nitrogens is 2. The van der Waals surface area contributed by atoms with Gasteiger partial charge in [0, 0.05) is 70.4 Å². The molecule has 1 amide bonds. The zero-order valence-electron chi connectivity index (χ0n) is 31.5. The SMILES string of the molecule is COCCO[C@@H]1CCCN(CC2CCCCC2N)C1.COCCO[C@@H]1CCCN(CC2CCCCC2NC(=O)c2ccc(-n3cccn3)cc2)C1. The Morgan fingerprint density at radius 2 is 1.35 bits per heavy atom. The fourth-order valence-corrected chi connectivity index (χ4v) is 8.41. The number of ether oxygens (including phenoxy) is 4. The van der Waals surface area contributed by atoms with E-state index in [0.29, 0.717) is 55.5 Å². The molecule has 2 saturated carbocycles. The van der Waals surface area contributed by atoms with Gasteiger partial charge in [-0.25, -0.2) is 4.68 Å². The predicted molar refractivity (Wildman–Crippen MR) is 201 cm³/mol. The molecule has 2 aliphatic carbocycles. The predicted octanol–water partition coefficient (Wildman–Crippen LogP) is 4.92. The summed E-state index contributed by atoms with van der Waals surface area (Å²) in [4.78, 5) is 18.1. The van der Waals surface area contributed by atoms with Crippen molar-refractivity contribution < 1.29 is 23.7 Å². The van der Waals surface area contributed by atoms with Crippen molar-refractivity contribution in [2.75, 3.05) is 79.9 Å². The summed E-state index contributed by atoms with van der Waals surface area (Å²) in [7, 11) is 3.43. The van der Waals surface area contributed by atoms with E-state index < -0.39 is 0 Å². The summed E-state index contributed by atoms with van der Waals surface area (Å²) in [6, 6.07) is 10.2. The van der Waals surface area contributed by atoms with Crippen molar-refractivity contribution in [2.45, 2.75) is 101 Å². The summed E-state index contributed by atoms with van der Waals surface area (Å²) in [5.74, 6) is 1.22. The van der Waals surface area contributed by atoms with Gasteiger partial charge in [0.05, 0.1) is 44.3 Å². The third-order valence-electron chi connectivity index (χ3n) is 11.3. The molecule has 0 bridgehead atoms. The number of nitrogens with two attached hydrogens (primary N) is 1. The summed E-state index contributed by atoms with van der Waals surface area (Å²) in [5.41, 5.74) is 7.91. The van der Waals surface area contributed by atoms with E-state index in [4.69, 9.17) is 24.7 Å². The van der Waals surface area contributed by atoms with Crippen LogP contribution in [0.1, 0.15) is 87.4 Å². The lowest BCUT2D eigenvalue weighted by Crippen LogP contribution is -2.49. The van der Waals surface area contributed by atoms with Crippen molar-refractivity contribution in [1.29, 1.82) is 0 Å². The van der Waals surface area contributed by atoms with E-state index in [0.717, 1.165) is 51.3 Å². The van der Waals surface area contributed by atoms with Gasteiger partial charge in [-0.05, 0) is 107 Å². The Hall–Kier alpha value is -2.38. The Labute approximate surface area is 306 Å². The second-order valence-electron chi connectivity index (χ2n) is 15.1. The first-order valence-corrected chi connectivity index (χ1v) is 19.8. The first-order chi connectivity index (χ1) is 25.0. The van der Waals surface area contributed by atoms with Gasteiger partial charge in [0.1, 0.15) is 0 Å². The normalized spacial score (nSPS) is 27.7. The fourth-order valence-electron chi connectivity index (χ4n) is 8.41. The molecule has 2 aliphatic heterocycles. The van der Waals surface area contributed by atoms with Crippen LogP contribution >= 0.6 is 0 Å². The molecule has 1 aromatic carbocycles. The number of methoxy groups -OCH3 is 2. The van der Waals surface area contributed by atoms with E-state index in [-0.39, 0.29) is 11.9 Å². The largest absolute Gasteiger partial charge is 0.382 e. The number of hydrogen-bond donors (Lipinski definition) is 2. The molecule has 11 heteroatoms.